The highest BCUT2D eigenvalue weighted by Crippen LogP contribution is 2.00. The zero-order valence-electron chi connectivity index (χ0n) is 10.1. The normalized spacial score (nSPS) is 10.5. The van der Waals surface area contributed by atoms with Crippen molar-refractivity contribution in [2.24, 2.45) is 0 Å². The van der Waals surface area contributed by atoms with E-state index in [9.17, 15) is 4.79 Å². The molecule has 5 nitrogen and oxygen atoms in total. The van der Waals surface area contributed by atoms with Gasteiger partial charge in [0.05, 0.1) is 18.8 Å². The molecule has 1 amide bonds. The second kappa shape index (κ2) is 7.76. The number of rotatable bonds is 7. The maximum absolute atomic E-state index is 11.5. The van der Waals surface area contributed by atoms with Crippen molar-refractivity contribution in [2.45, 2.75) is 13.5 Å². The van der Waals surface area contributed by atoms with Gasteiger partial charge in [0, 0.05) is 19.3 Å². The van der Waals surface area contributed by atoms with Gasteiger partial charge in [-0.25, -0.2) is 0 Å². The quantitative estimate of drug-likeness (QED) is 0.701. The topological polar surface area (TPSA) is 65.5 Å². The average molecular weight is 237 g/mol. The summed E-state index contributed by atoms with van der Waals surface area (Å²) in [7, 11) is 0. The predicted octanol–water partition coefficient (Wildman–Crippen LogP) is 0.0120. The second-order valence-corrected chi connectivity index (χ2v) is 3.70. The van der Waals surface area contributed by atoms with E-state index in [1.165, 1.54) is 0 Å². The number of carbonyl (C=O) groups is 1. The van der Waals surface area contributed by atoms with E-state index < -0.39 is 0 Å². The van der Waals surface area contributed by atoms with Gasteiger partial charge in [0.1, 0.15) is 0 Å². The number of hydrogen-bond acceptors (Lipinski definition) is 4. The molecule has 0 fully saturated rings. The minimum Gasteiger partial charge on any atom is -0.395 e. The van der Waals surface area contributed by atoms with E-state index in [1.54, 1.807) is 6.20 Å². The van der Waals surface area contributed by atoms with Gasteiger partial charge in [0.2, 0.25) is 5.91 Å². The first-order chi connectivity index (χ1) is 8.26. The van der Waals surface area contributed by atoms with E-state index in [-0.39, 0.29) is 12.5 Å². The lowest BCUT2D eigenvalue weighted by atomic mass is 10.3. The van der Waals surface area contributed by atoms with Crippen LogP contribution < -0.4 is 5.32 Å². The van der Waals surface area contributed by atoms with Crippen LogP contribution >= 0.6 is 0 Å². The SMILES string of the molecule is CCN(CC(=O)NCCO)Cc1ccccn1. The lowest BCUT2D eigenvalue weighted by Gasteiger charge is -2.19. The molecule has 17 heavy (non-hydrogen) atoms. The fraction of sp³-hybridized carbons (Fsp3) is 0.500. The number of hydrogen-bond donors (Lipinski definition) is 2. The van der Waals surface area contributed by atoms with Crippen molar-refractivity contribution in [1.82, 2.24) is 15.2 Å². The fourth-order valence-electron chi connectivity index (χ4n) is 1.45. The third-order valence-electron chi connectivity index (χ3n) is 2.36. The Morgan fingerprint density at radius 3 is 2.94 bits per heavy atom. The van der Waals surface area contributed by atoms with Crippen LogP contribution in [0, 0.1) is 0 Å². The Kier molecular flexibility index (Phi) is 6.21. The van der Waals surface area contributed by atoms with Crippen LogP contribution in [0.3, 0.4) is 0 Å². The Bertz CT molecular complexity index is 330. The van der Waals surface area contributed by atoms with Gasteiger partial charge in [-0.1, -0.05) is 13.0 Å². The van der Waals surface area contributed by atoms with Gasteiger partial charge >= 0.3 is 0 Å². The Labute approximate surface area is 101 Å². The van der Waals surface area contributed by atoms with Crippen LogP contribution in [0.1, 0.15) is 12.6 Å². The smallest absolute Gasteiger partial charge is 0.234 e. The third kappa shape index (κ3) is 5.42. The Hall–Kier alpha value is -1.46. The summed E-state index contributed by atoms with van der Waals surface area (Å²) in [6.45, 7) is 4.04. The molecule has 0 saturated heterocycles. The van der Waals surface area contributed by atoms with Crippen LogP contribution in [-0.4, -0.2) is 47.1 Å². The van der Waals surface area contributed by atoms with Gasteiger partial charge in [-0.2, -0.15) is 0 Å². The Balaban J connectivity index is 2.41. The van der Waals surface area contributed by atoms with Crippen molar-refractivity contribution < 1.29 is 9.90 Å². The summed E-state index contributed by atoms with van der Waals surface area (Å²) < 4.78 is 0. The van der Waals surface area contributed by atoms with Crippen molar-refractivity contribution in [3.63, 3.8) is 0 Å². The van der Waals surface area contributed by atoms with Gasteiger partial charge in [-0.3, -0.25) is 14.7 Å². The summed E-state index contributed by atoms with van der Waals surface area (Å²) in [5.74, 6) is -0.0724. The first kappa shape index (κ1) is 13.6. The number of aliphatic hydroxyl groups excluding tert-OH is 1. The molecule has 1 heterocycles. The molecule has 0 aliphatic rings. The summed E-state index contributed by atoms with van der Waals surface area (Å²) in [6.07, 6.45) is 1.75. The van der Waals surface area contributed by atoms with Crippen LogP contribution in [0.5, 0.6) is 0 Å². The van der Waals surface area contributed by atoms with E-state index in [2.05, 4.69) is 10.3 Å². The second-order valence-electron chi connectivity index (χ2n) is 3.70. The maximum Gasteiger partial charge on any atom is 0.234 e. The van der Waals surface area contributed by atoms with E-state index in [1.807, 2.05) is 30.0 Å². The molecule has 0 spiro atoms. The van der Waals surface area contributed by atoms with Gasteiger partial charge < -0.3 is 10.4 Å². The average Bonchev–Trinajstić information content (AvgIpc) is 2.36. The minimum absolute atomic E-state index is 0.0297. The number of likely N-dealkylation sites (N-methyl/N-ethyl adjacent to an activating group) is 1. The number of amides is 1. The molecule has 0 aliphatic carbocycles. The first-order valence-corrected chi connectivity index (χ1v) is 5.76. The molecule has 1 rings (SSSR count). The summed E-state index contributed by atoms with van der Waals surface area (Å²) >= 11 is 0. The summed E-state index contributed by atoms with van der Waals surface area (Å²) in [5, 5.41) is 11.2. The molecule has 0 aliphatic heterocycles. The molecular weight excluding hydrogens is 218 g/mol. The maximum atomic E-state index is 11.5. The molecule has 5 heteroatoms. The zero-order valence-corrected chi connectivity index (χ0v) is 10.1. The van der Waals surface area contributed by atoms with E-state index in [4.69, 9.17) is 5.11 Å². The summed E-state index contributed by atoms with van der Waals surface area (Å²) in [6, 6.07) is 5.74. The van der Waals surface area contributed by atoms with Crippen LogP contribution in [0.2, 0.25) is 0 Å². The Morgan fingerprint density at radius 2 is 2.35 bits per heavy atom. The van der Waals surface area contributed by atoms with E-state index in [0.717, 1.165) is 12.2 Å². The standard InChI is InChI=1S/C12H19N3O2/c1-2-15(10-12(17)14-7-8-16)9-11-5-3-4-6-13-11/h3-6,16H,2,7-10H2,1H3,(H,14,17). The predicted molar refractivity (Wildman–Crippen MR) is 65.3 cm³/mol. The molecule has 0 unspecified atom stereocenters. The first-order valence-electron chi connectivity index (χ1n) is 5.76. The van der Waals surface area contributed by atoms with Crippen molar-refractivity contribution in [3.8, 4) is 0 Å². The largest absolute Gasteiger partial charge is 0.395 e. The highest BCUT2D eigenvalue weighted by atomic mass is 16.3. The Morgan fingerprint density at radius 1 is 1.53 bits per heavy atom. The zero-order chi connectivity index (χ0) is 12.5. The van der Waals surface area contributed by atoms with Crippen LogP contribution in [0.15, 0.2) is 24.4 Å². The number of carbonyl (C=O) groups excluding carboxylic acids is 1. The van der Waals surface area contributed by atoms with Crippen molar-refractivity contribution in [3.05, 3.63) is 30.1 Å². The summed E-state index contributed by atoms with van der Waals surface area (Å²) in [4.78, 5) is 17.7. The van der Waals surface area contributed by atoms with Crippen LogP contribution in [0.25, 0.3) is 0 Å². The number of nitrogens with zero attached hydrogens (tertiary/aromatic N) is 2. The number of nitrogens with one attached hydrogen (secondary N) is 1. The fourth-order valence-corrected chi connectivity index (χ4v) is 1.45. The highest BCUT2D eigenvalue weighted by Gasteiger charge is 2.09. The highest BCUT2D eigenvalue weighted by molar-refractivity contribution is 5.77. The lowest BCUT2D eigenvalue weighted by molar-refractivity contribution is -0.122. The van der Waals surface area contributed by atoms with E-state index in [0.29, 0.717) is 19.6 Å². The monoisotopic (exact) mass is 237 g/mol. The van der Waals surface area contributed by atoms with Crippen molar-refractivity contribution in [1.29, 1.82) is 0 Å². The molecule has 1 aromatic rings. The molecule has 1 aromatic heterocycles. The lowest BCUT2D eigenvalue weighted by Crippen LogP contribution is -2.38. The molecule has 0 radical (unpaired) electrons. The minimum atomic E-state index is -0.0724. The number of pyridine rings is 1. The molecular formula is C12H19N3O2. The molecule has 0 saturated carbocycles. The molecule has 0 aromatic carbocycles. The number of aliphatic hydroxyl groups is 1. The van der Waals surface area contributed by atoms with Gasteiger partial charge in [0.25, 0.3) is 0 Å². The third-order valence-corrected chi connectivity index (χ3v) is 2.36. The van der Waals surface area contributed by atoms with Gasteiger partial charge in [-0.05, 0) is 18.7 Å². The van der Waals surface area contributed by atoms with E-state index >= 15 is 0 Å². The van der Waals surface area contributed by atoms with Crippen LogP contribution in [-0.2, 0) is 11.3 Å². The van der Waals surface area contributed by atoms with Crippen molar-refractivity contribution >= 4 is 5.91 Å². The molecule has 0 atom stereocenters. The summed E-state index contributed by atoms with van der Waals surface area (Å²) in [5.41, 5.74) is 0.948. The van der Waals surface area contributed by atoms with Crippen molar-refractivity contribution in [2.75, 3.05) is 26.2 Å². The molecule has 2 N–H and O–H groups in total. The van der Waals surface area contributed by atoms with Gasteiger partial charge in [-0.15, -0.1) is 0 Å². The molecule has 94 valence electrons. The van der Waals surface area contributed by atoms with Crippen LogP contribution in [0.4, 0.5) is 0 Å². The molecule has 0 bridgehead atoms. The van der Waals surface area contributed by atoms with Gasteiger partial charge in [0.15, 0.2) is 0 Å². The number of aromatic nitrogens is 1.